The summed E-state index contributed by atoms with van der Waals surface area (Å²) in [6.45, 7) is 5.83. The van der Waals surface area contributed by atoms with Crippen molar-refractivity contribution >= 4 is 0 Å². The molecule has 2 heterocycles. The van der Waals surface area contributed by atoms with Crippen LogP contribution in [0.25, 0.3) is 0 Å². The van der Waals surface area contributed by atoms with Gasteiger partial charge < -0.3 is 9.88 Å². The molecule has 2 fully saturated rings. The van der Waals surface area contributed by atoms with Crippen LogP contribution < -0.4 is 5.32 Å². The van der Waals surface area contributed by atoms with Crippen molar-refractivity contribution in [3.63, 3.8) is 0 Å². The summed E-state index contributed by atoms with van der Waals surface area (Å²) in [5, 5.41) is 3.48. The summed E-state index contributed by atoms with van der Waals surface area (Å²) in [6.07, 6.45) is 9.65. The van der Waals surface area contributed by atoms with Crippen LogP contribution in [0.4, 0.5) is 0 Å². The fourth-order valence-electron chi connectivity index (χ4n) is 4.15. The third-order valence-corrected chi connectivity index (χ3v) is 5.66. The normalized spacial score (nSPS) is 30.2. The zero-order valence-corrected chi connectivity index (χ0v) is 12.7. The van der Waals surface area contributed by atoms with Crippen molar-refractivity contribution in [2.75, 3.05) is 6.54 Å². The summed E-state index contributed by atoms with van der Waals surface area (Å²) in [5.74, 6) is 3.99. The lowest BCUT2D eigenvalue weighted by atomic mass is 9.80. The van der Waals surface area contributed by atoms with Gasteiger partial charge in [-0.3, -0.25) is 0 Å². The fourth-order valence-corrected chi connectivity index (χ4v) is 4.15. The van der Waals surface area contributed by atoms with Crippen LogP contribution in [0.2, 0.25) is 0 Å². The molecule has 4 rings (SSSR count). The van der Waals surface area contributed by atoms with Crippen molar-refractivity contribution < 1.29 is 0 Å². The molecule has 20 heavy (non-hydrogen) atoms. The van der Waals surface area contributed by atoms with E-state index in [2.05, 4.69) is 16.8 Å². The van der Waals surface area contributed by atoms with Crippen molar-refractivity contribution in [1.29, 1.82) is 0 Å². The Balaban J connectivity index is 1.63. The summed E-state index contributed by atoms with van der Waals surface area (Å²) in [7, 11) is 0. The number of aromatic nitrogens is 2. The van der Waals surface area contributed by atoms with E-state index in [0.717, 1.165) is 30.8 Å². The maximum atomic E-state index is 5.00. The minimum atomic E-state index is 0.777. The Morgan fingerprint density at radius 1 is 1.20 bits per heavy atom. The average molecular weight is 273 g/mol. The zero-order chi connectivity index (χ0) is 13.5. The van der Waals surface area contributed by atoms with Gasteiger partial charge in [-0.05, 0) is 31.1 Å². The number of nitrogens with one attached hydrogen (secondary N) is 1. The van der Waals surface area contributed by atoms with Crippen LogP contribution in [0.3, 0.4) is 0 Å². The molecule has 3 aliphatic rings. The van der Waals surface area contributed by atoms with E-state index in [4.69, 9.17) is 4.98 Å². The maximum absolute atomic E-state index is 5.00. The van der Waals surface area contributed by atoms with E-state index in [9.17, 15) is 0 Å². The van der Waals surface area contributed by atoms with Gasteiger partial charge in [0.1, 0.15) is 5.82 Å². The Bertz CT molecular complexity index is 487. The van der Waals surface area contributed by atoms with Crippen LogP contribution in [0, 0.1) is 11.8 Å². The number of hydrogen-bond acceptors (Lipinski definition) is 2. The van der Waals surface area contributed by atoms with Crippen LogP contribution >= 0.6 is 0 Å². The van der Waals surface area contributed by atoms with Crippen LogP contribution in [-0.4, -0.2) is 16.1 Å². The highest BCUT2D eigenvalue weighted by molar-refractivity contribution is 5.24. The molecular weight excluding hydrogens is 246 g/mol. The van der Waals surface area contributed by atoms with Gasteiger partial charge in [0.25, 0.3) is 0 Å². The van der Waals surface area contributed by atoms with Gasteiger partial charge in [0.15, 0.2) is 0 Å². The predicted octanol–water partition coefficient (Wildman–Crippen LogP) is 3.23. The highest BCUT2D eigenvalue weighted by Gasteiger charge is 2.33. The summed E-state index contributed by atoms with van der Waals surface area (Å²) >= 11 is 0. The van der Waals surface area contributed by atoms with Crippen LogP contribution in [0.1, 0.15) is 68.6 Å². The first kappa shape index (κ1) is 12.9. The van der Waals surface area contributed by atoms with Crippen molar-refractivity contribution in [2.24, 2.45) is 11.8 Å². The number of fused-ring (bicyclic) bond motifs is 1. The van der Waals surface area contributed by atoms with Crippen molar-refractivity contribution in [3.05, 3.63) is 17.2 Å². The Hall–Kier alpha value is -0.830. The molecule has 0 aromatic carbocycles. The molecule has 0 spiro atoms. The van der Waals surface area contributed by atoms with Gasteiger partial charge in [0.2, 0.25) is 0 Å². The first-order chi connectivity index (χ1) is 9.83. The first-order valence-electron chi connectivity index (χ1n) is 8.62. The largest absolute Gasteiger partial charge is 0.331 e. The topological polar surface area (TPSA) is 29.9 Å². The molecule has 0 saturated heterocycles. The van der Waals surface area contributed by atoms with E-state index in [1.165, 1.54) is 63.0 Å². The summed E-state index contributed by atoms with van der Waals surface area (Å²) in [4.78, 5) is 5.00. The zero-order valence-electron chi connectivity index (χ0n) is 12.7. The Morgan fingerprint density at radius 3 is 2.85 bits per heavy atom. The first-order valence-corrected chi connectivity index (χ1v) is 8.62. The van der Waals surface area contributed by atoms with Gasteiger partial charge in [0, 0.05) is 37.7 Å². The molecule has 2 unspecified atom stereocenters. The van der Waals surface area contributed by atoms with E-state index in [1.54, 1.807) is 5.69 Å². The molecular formula is C17H27N3. The van der Waals surface area contributed by atoms with Gasteiger partial charge >= 0.3 is 0 Å². The molecule has 2 atom stereocenters. The summed E-state index contributed by atoms with van der Waals surface area (Å²) < 4.78 is 2.65. The van der Waals surface area contributed by atoms with Gasteiger partial charge in [-0.15, -0.1) is 0 Å². The Morgan fingerprint density at radius 2 is 2.05 bits per heavy atom. The quantitative estimate of drug-likeness (QED) is 0.916. The standard InChI is InChI=1S/C17H27N3/c1-12-4-2-3-5-14(12)11-20-16-8-9-18-10-15(16)19-17(20)13-6-7-13/h12-14,18H,2-11H2,1H3. The Kier molecular flexibility index (Phi) is 3.33. The smallest absolute Gasteiger partial charge is 0.112 e. The fraction of sp³-hybridized carbons (Fsp3) is 0.824. The molecule has 1 N–H and O–H groups in total. The van der Waals surface area contributed by atoms with Crippen molar-refractivity contribution in [2.45, 2.75) is 70.9 Å². The van der Waals surface area contributed by atoms with Crippen LogP contribution in [0.15, 0.2) is 0 Å². The molecule has 0 bridgehead atoms. The summed E-state index contributed by atoms with van der Waals surface area (Å²) in [5.41, 5.74) is 2.91. The number of hydrogen-bond donors (Lipinski definition) is 1. The van der Waals surface area contributed by atoms with Gasteiger partial charge in [-0.1, -0.05) is 26.2 Å². The lowest BCUT2D eigenvalue weighted by Gasteiger charge is -2.30. The molecule has 2 aliphatic carbocycles. The molecule has 0 amide bonds. The molecule has 0 radical (unpaired) electrons. The molecule has 1 aliphatic heterocycles. The highest BCUT2D eigenvalue weighted by Crippen LogP contribution is 2.41. The van der Waals surface area contributed by atoms with E-state index >= 15 is 0 Å². The molecule has 1 aromatic heterocycles. The lowest BCUT2D eigenvalue weighted by Crippen LogP contribution is -2.28. The van der Waals surface area contributed by atoms with E-state index in [1.807, 2.05) is 0 Å². The maximum Gasteiger partial charge on any atom is 0.112 e. The number of imidazole rings is 1. The molecule has 2 saturated carbocycles. The summed E-state index contributed by atoms with van der Waals surface area (Å²) in [6, 6.07) is 0. The van der Waals surface area contributed by atoms with Gasteiger partial charge in [0.05, 0.1) is 5.69 Å². The second-order valence-electron chi connectivity index (χ2n) is 7.20. The van der Waals surface area contributed by atoms with E-state index in [0.29, 0.717) is 0 Å². The average Bonchev–Trinajstić information content (AvgIpc) is 3.25. The van der Waals surface area contributed by atoms with Gasteiger partial charge in [-0.2, -0.15) is 0 Å². The Labute approximate surface area is 122 Å². The minimum absolute atomic E-state index is 0.777. The van der Waals surface area contributed by atoms with E-state index < -0.39 is 0 Å². The molecule has 3 heteroatoms. The van der Waals surface area contributed by atoms with Gasteiger partial charge in [-0.25, -0.2) is 4.98 Å². The van der Waals surface area contributed by atoms with Crippen molar-refractivity contribution in [1.82, 2.24) is 14.9 Å². The van der Waals surface area contributed by atoms with Crippen LogP contribution in [0.5, 0.6) is 0 Å². The predicted molar refractivity (Wildman–Crippen MR) is 80.7 cm³/mol. The minimum Gasteiger partial charge on any atom is -0.331 e. The highest BCUT2D eigenvalue weighted by atomic mass is 15.1. The van der Waals surface area contributed by atoms with Crippen LogP contribution in [-0.2, 0) is 19.5 Å². The third-order valence-electron chi connectivity index (χ3n) is 5.66. The number of rotatable bonds is 3. The molecule has 1 aromatic rings. The van der Waals surface area contributed by atoms with Crippen molar-refractivity contribution in [3.8, 4) is 0 Å². The second kappa shape index (κ2) is 5.18. The molecule has 110 valence electrons. The van der Waals surface area contributed by atoms with E-state index in [-0.39, 0.29) is 0 Å². The second-order valence-corrected chi connectivity index (χ2v) is 7.20. The lowest BCUT2D eigenvalue weighted by molar-refractivity contribution is 0.225. The SMILES string of the molecule is CC1CCCCC1Cn1c(C2CC2)nc2c1CCNC2. The molecule has 3 nitrogen and oxygen atoms in total. The third kappa shape index (κ3) is 2.30. The monoisotopic (exact) mass is 273 g/mol. The number of nitrogens with zero attached hydrogens (tertiary/aromatic N) is 2.